The molecule has 15 heavy (non-hydrogen) atoms. The van der Waals surface area contributed by atoms with Crippen LogP contribution in [0.15, 0.2) is 48.8 Å². The van der Waals surface area contributed by atoms with Crippen LogP contribution in [0.25, 0.3) is 0 Å². The van der Waals surface area contributed by atoms with Crippen LogP contribution < -0.4 is 4.90 Å². The molecular formula is C12H13N3. The lowest BCUT2D eigenvalue weighted by Crippen LogP contribution is -2.18. The number of rotatable bonds is 3. The van der Waals surface area contributed by atoms with Gasteiger partial charge in [-0.3, -0.25) is 4.98 Å². The molecule has 3 nitrogen and oxygen atoms in total. The van der Waals surface area contributed by atoms with E-state index in [9.17, 15) is 0 Å². The molecule has 2 aromatic heterocycles. The molecule has 0 N–H and O–H groups in total. The molecule has 2 heterocycles. The molecule has 0 amide bonds. The Morgan fingerprint density at radius 3 is 2.33 bits per heavy atom. The summed E-state index contributed by atoms with van der Waals surface area (Å²) in [7, 11) is 2.01. The fourth-order valence-corrected chi connectivity index (χ4v) is 1.40. The van der Waals surface area contributed by atoms with Crippen molar-refractivity contribution in [3.63, 3.8) is 0 Å². The first-order valence-corrected chi connectivity index (χ1v) is 4.88. The number of hydrogen-bond acceptors (Lipinski definition) is 3. The van der Waals surface area contributed by atoms with Gasteiger partial charge in [0.05, 0.1) is 12.2 Å². The Kier molecular flexibility index (Phi) is 2.93. The van der Waals surface area contributed by atoms with Crippen LogP contribution in [0, 0.1) is 0 Å². The molecule has 0 aliphatic heterocycles. The molecule has 0 unspecified atom stereocenters. The number of nitrogens with zero attached hydrogens (tertiary/aromatic N) is 3. The van der Waals surface area contributed by atoms with Gasteiger partial charge in [0.15, 0.2) is 0 Å². The van der Waals surface area contributed by atoms with Gasteiger partial charge in [0, 0.05) is 19.4 Å². The zero-order valence-electron chi connectivity index (χ0n) is 8.67. The lowest BCUT2D eigenvalue weighted by atomic mass is 10.3. The summed E-state index contributed by atoms with van der Waals surface area (Å²) in [6.45, 7) is 0.776. The average molecular weight is 199 g/mol. The summed E-state index contributed by atoms with van der Waals surface area (Å²) >= 11 is 0. The Hall–Kier alpha value is -1.90. The first-order valence-electron chi connectivity index (χ1n) is 4.88. The minimum atomic E-state index is 0.776. The molecule has 76 valence electrons. The van der Waals surface area contributed by atoms with Gasteiger partial charge in [-0.25, -0.2) is 4.98 Å². The van der Waals surface area contributed by atoms with E-state index in [1.54, 1.807) is 6.20 Å². The van der Waals surface area contributed by atoms with E-state index in [0.717, 1.165) is 18.1 Å². The van der Waals surface area contributed by atoms with Gasteiger partial charge in [0.25, 0.3) is 0 Å². The molecular weight excluding hydrogens is 186 g/mol. The predicted octanol–water partition coefficient (Wildman–Crippen LogP) is 2.11. The van der Waals surface area contributed by atoms with Crippen LogP contribution in [0.2, 0.25) is 0 Å². The van der Waals surface area contributed by atoms with Crippen molar-refractivity contribution in [2.45, 2.75) is 6.54 Å². The summed E-state index contributed by atoms with van der Waals surface area (Å²) in [4.78, 5) is 10.6. The molecule has 0 atom stereocenters. The van der Waals surface area contributed by atoms with Crippen molar-refractivity contribution >= 4 is 5.82 Å². The summed E-state index contributed by atoms with van der Waals surface area (Å²) in [5.41, 5.74) is 1.05. The lowest BCUT2D eigenvalue weighted by Gasteiger charge is -2.16. The van der Waals surface area contributed by atoms with Crippen LogP contribution in [0.5, 0.6) is 0 Å². The molecule has 0 radical (unpaired) electrons. The van der Waals surface area contributed by atoms with Crippen molar-refractivity contribution in [1.29, 1.82) is 0 Å². The van der Waals surface area contributed by atoms with Gasteiger partial charge in [0.2, 0.25) is 0 Å². The lowest BCUT2D eigenvalue weighted by molar-refractivity contribution is 0.866. The van der Waals surface area contributed by atoms with Gasteiger partial charge < -0.3 is 4.90 Å². The molecule has 3 heteroatoms. The fraction of sp³-hybridized carbons (Fsp3) is 0.167. The maximum Gasteiger partial charge on any atom is 0.128 e. The van der Waals surface area contributed by atoms with Crippen LogP contribution in [-0.4, -0.2) is 17.0 Å². The number of anilines is 1. The van der Waals surface area contributed by atoms with E-state index in [1.165, 1.54) is 0 Å². The van der Waals surface area contributed by atoms with Crippen molar-refractivity contribution in [2.75, 3.05) is 11.9 Å². The highest BCUT2D eigenvalue weighted by Gasteiger charge is 2.02. The zero-order valence-corrected chi connectivity index (χ0v) is 8.67. The van der Waals surface area contributed by atoms with E-state index in [4.69, 9.17) is 0 Å². The molecule has 0 aliphatic carbocycles. The quantitative estimate of drug-likeness (QED) is 0.758. The summed E-state index contributed by atoms with van der Waals surface area (Å²) in [5.74, 6) is 0.961. The minimum absolute atomic E-state index is 0.776. The molecule has 0 aromatic carbocycles. The Morgan fingerprint density at radius 1 is 1.00 bits per heavy atom. The van der Waals surface area contributed by atoms with E-state index < -0.39 is 0 Å². The largest absolute Gasteiger partial charge is 0.354 e. The third-order valence-electron chi connectivity index (χ3n) is 2.17. The Bertz CT molecular complexity index is 400. The maximum atomic E-state index is 4.27. The minimum Gasteiger partial charge on any atom is -0.354 e. The van der Waals surface area contributed by atoms with Gasteiger partial charge in [-0.1, -0.05) is 12.1 Å². The topological polar surface area (TPSA) is 29.0 Å². The van der Waals surface area contributed by atoms with Crippen molar-refractivity contribution in [2.24, 2.45) is 0 Å². The molecule has 2 rings (SSSR count). The molecule has 0 saturated carbocycles. The number of aromatic nitrogens is 2. The highest BCUT2D eigenvalue weighted by Crippen LogP contribution is 2.09. The summed E-state index contributed by atoms with van der Waals surface area (Å²) in [5, 5.41) is 0. The van der Waals surface area contributed by atoms with Crippen LogP contribution in [0.3, 0.4) is 0 Å². The first kappa shape index (κ1) is 9.65. The van der Waals surface area contributed by atoms with Gasteiger partial charge >= 0.3 is 0 Å². The normalized spacial score (nSPS) is 9.93. The smallest absolute Gasteiger partial charge is 0.128 e. The van der Waals surface area contributed by atoms with Gasteiger partial charge in [-0.05, 0) is 24.3 Å². The fourth-order valence-electron chi connectivity index (χ4n) is 1.40. The monoisotopic (exact) mass is 199 g/mol. The van der Waals surface area contributed by atoms with Crippen LogP contribution >= 0.6 is 0 Å². The Morgan fingerprint density at radius 2 is 1.73 bits per heavy atom. The summed E-state index contributed by atoms with van der Waals surface area (Å²) in [6, 6.07) is 11.8. The van der Waals surface area contributed by atoms with Crippen LogP contribution in [0.4, 0.5) is 5.82 Å². The van der Waals surface area contributed by atoms with Crippen molar-refractivity contribution in [3.8, 4) is 0 Å². The van der Waals surface area contributed by atoms with Gasteiger partial charge in [0.1, 0.15) is 5.82 Å². The second-order valence-corrected chi connectivity index (χ2v) is 3.37. The van der Waals surface area contributed by atoms with Crippen LogP contribution in [0.1, 0.15) is 5.69 Å². The Labute approximate surface area is 89.4 Å². The third kappa shape index (κ3) is 2.53. The van der Waals surface area contributed by atoms with E-state index in [0.29, 0.717) is 0 Å². The summed E-state index contributed by atoms with van der Waals surface area (Å²) in [6.07, 6.45) is 3.60. The molecule has 0 spiro atoms. The van der Waals surface area contributed by atoms with E-state index in [2.05, 4.69) is 14.9 Å². The second-order valence-electron chi connectivity index (χ2n) is 3.37. The maximum absolute atomic E-state index is 4.27. The second kappa shape index (κ2) is 4.55. The van der Waals surface area contributed by atoms with Crippen LogP contribution in [-0.2, 0) is 6.54 Å². The number of hydrogen-bond donors (Lipinski definition) is 0. The summed E-state index contributed by atoms with van der Waals surface area (Å²) < 4.78 is 0. The number of pyridine rings is 2. The van der Waals surface area contributed by atoms with Crippen molar-refractivity contribution < 1.29 is 0 Å². The van der Waals surface area contributed by atoms with E-state index >= 15 is 0 Å². The predicted molar refractivity (Wildman–Crippen MR) is 60.6 cm³/mol. The molecule has 2 aromatic rings. The van der Waals surface area contributed by atoms with E-state index in [-0.39, 0.29) is 0 Å². The third-order valence-corrected chi connectivity index (χ3v) is 2.17. The van der Waals surface area contributed by atoms with Gasteiger partial charge in [-0.15, -0.1) is 0 Å². The molecule has 0 saturated heterocycles. The molecule has 0 aliphatic rings. The van der Waals surface area contributed by atoms with Crippen molar-refractivity contribution in [3.05, 3.63) is 54.5 Å². The Balaban J connectivity index is 2.08. The van der Waals surface area contributed by atoms with E-state index in [1.807, 2.05) is 49.6 Å². The molecule has 0 fully saturated rings. The average Bonchev–Trinajstić information content (AvgIpc) is 2.31. The SMILES string of the molecule is CN(Cc1ccccn1)c1ccccn1. The zero-order chi connectivity index (χ0) is 10.5. The first-order chi connectivity index (χ1) is 7.36. The highest BCUT2D eigenvalue weighted by atomic mass is 15.2. The van der Waals surface area contributed by atoms with Gasteiger partial charge in [-0.2, -0.15) is 0 Å². The molecule has 0 bridgehead atoms. The highest BCUT2D eigenvalue weighted by molar-refractivity contribution is 5.36. The standard InChI is InChI=1S/C12H13N3/c1-15(12-7-3-5-9-14-12)10-11-6-2-4-8-13-11/h2-9H,10H2,1H3. The van der Waals surface area contributed by atoms with Crippen molar-refractivity contribution in [1.82, 2.24) is 9.97 Å².